The van der Waals surface area contributed by atoms with Crippen molar-refractivity contribution in [1.82, 2.24) is 0 Å². The van der Waals surface area contributed by atoms with E-state index in [9.17, 15) is 0 Å². The van der Waals surface area contributed by atoms with Crippen molar-refractivity contribution >= 4 is 0 Å². The summed E-state index contributed by atoms with van der Waals surface area (Å²) in [5, 5.41) is 26.6. The standard InChI is InChI=1S/C8H10O3/c9-5-8(11)6-2-1-3-7(10)4-6/h1-4,8-11H,5H2/t8-/m0/s1. The summed E-state index contributed by atoms with van der Waals surface area (Å²) in [4.78, 5) is 0. The van der Waals surface area contributed by atoms with E-state index in [4.69, 9.17) is 15.3 Å². The molecule has 0 saturated heterocycles. The molecule has 0 radical (unpaired) electrons. The van der Waals surface area contributed by atoms with Crippen molar-refractivity contribution in [2.45, 2.75) is 6.10 Å². The molecule has 0 bridgehead atoms. The molecule has 0 fully saturated rings. The summed E-state index contributed by atoms with van der Waals surface area (Å²) >= 11 is 0. The first-order valence-electron chi connectivity index (χ1n) is 3.32. The summed E-state index contributed by atoms with van der Waals surface area (Å²) in [6, 6.07) is 6.18. The van der Waals surface area contributed by atoms with Gasteiger partial charge >= 0.3 is 0 Å². The Morgan fingerprint density at radius 3 is 2.64 bits per heavy atom. The van der Waals surface area contributed by atoms with Crippen LogP contribution in [0.15, 0.2) is 24.3 Å². The van der Waals surface area contributed by atoms with Gasteiger partial charge in [0.1, 0.15) is 11.9 Å². The van der Waals surface area contributed by atoms with Gasteiger partial charge in [-0.3, -0.25) is 0 Å². The van der Waals surface area contributed by atoms with Gasteiger partial charge in [-0.1, -0.05) is 12.1 Å². The van der Waals surface area contributed by atoms with Gasteiger partial charge in [-0.15, -0.1) is 0 Å². The average Bonchev–Trinajstić information content (AvgIpc) is 2.03. The van der Waals surface area contributed by atoms with Gasteiger partial charge in [-0.25, -0.2) is 0 Å². The van der Waals surface area contributed by atoms with Crippen molar-refractivity contribution in [3.63, 3.8) is 0 Å². The number of rotatable bonds is 2. The predicted octanol–water partition coefficient (Wildman–Crippen LogP) is 0.418. The maximum Gasteiger partial charge on any atom is 0.115 e. The minimum absolute atomic E-state index is 0.0926. The van der Waals surface area contributed by atoms with Crippen LogP contribution in [0.4, 0.5) is 0 Å². The third-order valence-corrected chi connectivity index (χ3v) is 1.43. The van der Waals surface area contributed by atoms with E-state index in [-0.39, 0.29) is 12.4 Å². The van der Waals surface area contributed by atoms with Crippen molar-refractivity contribution in [2.24, 2.45) is 0 Å². The van der Waals surface area contributed by atoms with Crippen LogP contribution in [-0.2, 0) is 0 Å². The third kappa shape index (κ3) is 1.93. The van der Waals surface area contributed by atoms with Crippen LogP contribution in [-0.4, -0.2) is 21.9 Å². The summed E-state index contributed by atoms with van der Waals surface area (Å²) in [6.07, 6.45) is -0.901. The predicted molar refractivity (Wildman–Crippen MR) is 40.2 cm³/mol. The van der Waals surface area contributed by atoms with Gasteiger partial charge in [-0.05, 0) is 17.7 Å². The van der Waals surface area contributed by atoms with Crippen LogP contribution < -0.4 is 0 Å². The van der Waals surface area contributed by atoms with Crippen LogP contribution in [0.2, 0.25) is 0 Å². The Morgan fingerprint density at radius 2 is 2.09 bits per heavy atom. The molecule has 0 aliphatic rings. The van der Waals surface area contributed by atoms with Crippen molar-refractivity contribution in [3.05, 3.63) is 29.8 Å². The normalized spacial score (nSPS) is 12.9. The molecule has 0 aliphatic carbocycles. The number of phenolic OH excluding ortho intramolecular Hbond substituents is 1. The Balaban J connectivity index is 2.86. The number of aliphatic hydroxyl groups excluding tert-OH is 2. The molecule has 0 aliphatic heterocycles. The monoisotopic (exact) mass is 154 g/mol. The van der Waals surface area contributed by atoms with Crippen LogP contribution >= 0.6 is 0 Å². The Labute approximate surface area is 64.5 Å². The topological polar surface area (TPSA) is 60.7 Å². The fourth-order valence-electron chi connectivity index (χ4n) is 0.837. The summed E-state index contributed by atoms with van der Waals surface area (Å²) in [6.45, 7) is -0.330. The highest BCUT2D eigenvalue weighted by atomic mass is 16.3. The zero-order valence-corrected chi connectivity index (χ0v) is 5.94. The van der Waals surface area contributed by atoms with Crippen molar-refractivity contribution in [1.29, 1.82) is 0 Å². The molecule has 3 heteroatoms. The molecule has 1 aromatic rings. The summed E-state index contributed by atoms with van der Waals surface area (Å²) < 4.78 is 0. The molecule has 60 valence electrons. The van der Waals surface area contributed by atoms with E-state index in [1.807, 2.05) is 0 Å². The molecular weight excluding hydrogens is 144 g/mol. The van der Waals surface area contributed by atoms with Gasteiger partial charge in [0, 0.05) is 0 Å². The lowest BCUT2D eigenvalue weighted by atomic mass is 10.1. The van der Waals surface area contributed by atoms with Gasteiger partial charge in [-0.2, -0.15) is 0 Å². The van der Waals surface area contributed by atoms with E-state index in [0.29, 0.717) is 5.56 Å². The number of aromatic hydroxyl groups is 1. The average molecular weight is 154 g/mol. The van der Waals surface area contributed by atoms with Gasteiger partial charge in [0.25, 0.3) is 0 Å². The first kappa shape index (κ1) is 8.04. The summed E-state index contributed by atoms with van der Waals surface area (Å²) in [5.41, 5.74) is 0.521. The molecule has 1 aromatic carbocycles. The van der Waals surface area contributed by atoms with Crippen molar-refractivity contribution < 1.29 is 15.3 Å². The molecule has 11 heavy (non-hydrogen) atoms. The lowest BCUT2D eigenvalue weighted by molar-refractivity contribution is 0.0954. The highest BCUT2D eigenvalue weighted by molar-refractivity contribution is 5.28. The SMILES string of the molecule is OC[C@H](O)c1cccc(O)c1. The van der Waals surface area contributed by atoms with Crippen LogP contribution in [0, 0.1) is 0 Å². The first-order chi connectivity index (χ1) is 5.24. The largest absolute Gasteiger partial charge is 0.508 e. The first-order valence-corrected chi connectivity index (χ1v) is 3.32. The van der Waals surface area contributed by atoms with E-state index < -0.39 is 6.10 Å². The molecule has 3 nitrogen and oxygen atoms in total. The van der Waals surface area contributed by atoms with Crippen LogP contribution in [0.25, 0.3) is 0 Å². The van der Waals surface area contributed by atoms with E-state index in [1.54, 1.807) is 12.1 Å². The maximum absolute atomic E-state index is 9.09. The zero-order chi connectivity index (χ0) is 8.27. The van der Waals surface area contributed by atoms with E-state index >= 15 is 0 Å². The number of hydrogen-bond donors (Lipinski definition) is 3. The zero-order valence-electron chi connectivity index (χ0n) is 5.94. The second kappa shape index (κ2) is 3.37. The minimum atomic E-state index is -0.901. The van der Waals surface area contributed by atoms with Gasteiger partial charge in [0.2, 0.25) is 0 Å². The van der Waals surface area contributed by atoms with Crippen molar-refractivity contribution in [3.8, 4) is 5.75 Å². The summed E-state index contributed by atoms with van der Waals surface area (Å²) in [5.74, 6) is 0.0926. The van der Waals surface area contributed by atoms with Crippen LogP contribution in [0.3, 0.4) is 0 Å². The number of aliphatic hydroxyl groups is 2. The minimum Gasteiger partial charge on any atom is -0.508 e. The fraction of sp³-hybridized carbons (Fsp3) is 0.250. The molecule has 0 unspecified atom stereocenters. The Kier molecular flexibility index (Phi) is 2.46. The Morgan fingerprint density at radius 1 is 1.36 bits per heavy atom. The second-order valence-electron chi connectivity index (χ2n) is 2.29. The highest BCUT2D eigenvalue weighted by Gasteiger charge is 2.04. The molecule has 0 spiro atoms. The molecular formula is C8H10O3. The highest BCUT2D eigenvalue weighted by Crippen LogP contribution is 2.16. The molecule has 0 saturated carbocycles. The molecule has 0 amide bonds. The molecule has 3 N–H and O–H groups in total. The van der Waals surface area contributed by atoms with Crippen LogP contribution in [0.1, 0.15) is 11.7 Å². The number of hydrogen-bond acceptors (Lipinski definition) is 3. The van der Waals surface area contributed by atoms with Crippen molar-refractivity contribution in [2.75, 3.05) is 6.61 Å². The fourth-order valence-corrected chi connectivity index (χ4v) is 0.837. The second-order valence-corrected chi connectivity index (χ2v) is 2.29. The Hall–Kier alpha value is -1.06. The van der Waals surface area contributed by atoms with E-state index in [2.05, 4.69) is 0 Å². The van der Waals surface area contributed by atoms with Gasteiger partial charge in [0.15, 0.2) is 0 Å². The Bertz CT molecular complexity index is 235. The van der Waals surface area contributed by atoms with E-state index in [1.165, 1.54) is 12.1 Å². The molecule has 0 heterocycles. The quantitative estimate of drug-likeness (QED) is 0.578. The molecule has 0 aromatic heterocycles. The smallest absolute Gasteiger partial charge is 0.115 e. The van der Waals surface area contributed by atoms with Gasteiger partial charge in [0.05, 0.1) is 6.61 Å². The number of phenols is 1. The van der Waals surface area contributed by atoms with Crippen LogP contribution in [0.5, 0.6) is 5.75 Å². The lowest BCUT2D eigenvalue weighted by Crippen LogP contribution is -2.01. The lowest BCUT2D eigenvalue weighted by Gasteiger charge is -2.06. The maximum atomic E-state index is 9.09. The van der Waals surface area contributed by atoms with E-state index in [0.717, 1.165) is 0 Å². The molecule has 1 atom stereocenters. The number of benzene rings is 1. The van der Waals surface area contributed by atoms with Gasteiger partial charge < -0.3 is 15.3 Å². The summed E-state index contributed by atoms with van der Waals surface area (Å²) in [7, 11) is 0. The molecule has 1 rings (SSSR count). The third-order valence-electron chi connectivity index (χ3n) is 1.43.